The Morgan fingerprint density at radius 2 is 1.75 bits per heavy atom. The molecule has 0 bridgehead atoms. The molecule has 0 heterocycles. The van der Waals surface area contributed by atoms with Crippen LogP contribution in [0.15, 0.2) is 53.4 Å². The van der Waals surface area contributed by atoms with E-state index in [1.165, 1.54) is 42.5 Å². The summed E-state index contributed by atoms with van der Waals surface area (Å²) in [4.78, 5) is 23.7. The van der Waals surface area contributed by atoms with Crippen molar-refractivity contribution >= 4 is 29.3 Å². The Hall–Kier alpha value is -2.48. The summed E-state index contributed by atoms with van der Waals surface area (Å²) in [5.74, 6) is -4.85. The maximum atomic E-state index is 13.4. The van der Waals surface area contributed by atoms with E-state index in [4.69, 9.17) is 4.74 Å². The molecule has 2 aromatic rings. The summed E-state index contributed by atoms with van der Waals surface area (Å²) in [5.41, 5.74) is 0.0965. The fraction of sp³-hybridized carbons (Fsp3) is 0.125. The summed E-state index contributed by atoms with van der Waals surface area (Å²) in [5, 5.41) is 2.44. The van der Waals surface area contributed by atoms with Crippen molar-refractivity contribution in [3.8, 4) is 0 Å². The molecule has 0 aliphatic heterocycles. The van der Waals surface area contributed by atoms with Crippen LogP contribution >= 0.6 is 11.8 Å². The van der Waals surface area contributed by atoms with Gasteiger partial charge in [-0.25, -0.2) is 9.18 Å². The van der Waals surface area contributed by atoms with Gasteiger partial charge in [0.1, 0.15) is 5.82 Å². The number of esters is 1. The van der Waals surface area contributed by atoms with Crippen LogP contribution in [-0.4, -0.2) is 24.2 Å². The van der Waals surface area contributed by atoms with E-state index in [-0.39, 0.29) is 5.56 Å². The fourth-order valence-corrected chi connectivity index (χ4v) is 2.25. The molecule has 0 aromatic heterocycles. The Bertz CT molecular complexity index is 723. The van der Waals surface area contributed by atoms with Crippen LogP contribution in [0.5, 0.6) is 0 Å². The number of hydrogen-bond donors (Lipinski definition) is 1. The molecule has 0 spiro atoms. The molecule has 0 radical (unpaired) electrons. The summed E-state index contributed by atoms with van der Waals surface area (Å²) in [6.45, 7) is -0.597. The Morgan fingerprint density at radius 1 is 1.08 bits per heavy atom. The van der Waals surface area contributed by atoms with E-state index < -0.39 is 30.1 Å². The summed E-state index contributed by atoms with van der Waals surface area (Å²) < 4.78 is 42.5. The van der Waals surface area contributed by atoms with Crippen LogP contribution in [0.4, 0.5) is 18.9 Å². The molecule has 24 heavy (non-hydrogen) atoms. The molecule has 0 fully saturated rings. The zero-order valence-electron chi connectivity index (χ0n) is 12.2. The predicted octanol–water partition coefficient (Wildman–Crippen LogP) is 3.94. The van der Waals surface area contributed by atoms with E-state index in [0.29, 0.717) is 22.3 Å². The van der Waals surface area contributed by atoms with Crippen molar-refractivity contribution in [2.45, 2.75) is 10.7 Å². The van der Waals surface area contributed by atoms with Gasteiger partial charge in [-0.1, -0.05) is 23.9 Å². The molecule has 0 saturated carbocycles. The van der Waals surface area contributed by atoms with Gasteiger partial charge < -0.3 is 10.1 Å². The van der Waals surface area contributed by atoms with E-state index in [1.54, 1.807) is 0 Å². The third-order valence-electron chi connectivity index (χ3n) is 2.79. The van der Waals surface area contributed by atoms with Crippen molar-refractivity contribution in [3.63, 3.8) is 0 Å². The van der Waals surface area contributed by atoms with Crippen molar-refractivity contribution in [1.29, 1.82) is 0 Å². The smallest absolute Gasteiger partial charge is 0.341 e. The van der Waals surface area contributed by atoms with Crippen LogP contribution in [-0.2, 0) is 9.53 Å². The lowest BCUT2D eigenvalue weighted by molar-refractivity contribution is -0.119. The van der Waals surface area contributed by atoms with Crippen LogP contribution in [0.1, 0.15) is 10.4 Å². The van der Waals surface area contributed by atoms with Gasteiger partial charge in [-0.2, -0.15) is 8.78 Å². The van der Waals surface area contributed by atoms with Gasteiger partial charge in [0.2, 0.25) is 0 Å². The van der Waals surface area contributed by atoms with Crippen molar-refractivity contribution < 1.29 is 27.5 Å². The number of halogens is 3. The molecule has 0 aliphatic carbocycles. The zero-order chi connectivity index (χ0) is 17.5. The molecule has 0 atom stereocenters. The van der Waals surface area contributed by atoms with E-state index in [1.807, 2.05) is 0 Å². The second kappa shape index (κ2) is 8.39. The average Bonchev–Trinajstić information content (AvgIpc) is 2.54. The standard InChI is InChI=1S/C16H12F3NO3S/c17-13-4-2-1-3-12(13)15(22)23-9-14(21)20-10-5-7-11(8-6-10)24-16(18)19/h1-8,16H,9H2,(H,20,21). The highest BCUT2D eigenvalue weighted by atomic mass is 32.2. The van der Waals surface area contributed by atoms with Crippen LogP contribution in [0, 0.1) is 5.82 Å². The first-order valence-corrected chi connectivity index (χ1v) is 7.60. The van der Waals surface area contributed by atoms with Gasteiger partial charge >= 0.3 is 5.97 Å². The first-order valence-electron chi connectivity index (χ1n) is 6.72. The predicted molar refractivity (Wildman–Crippen MR) is 83.6 cm³/mol. The third-order valence-corrected chi connectivity index (χ3v) is 3.51. The van der Waals surface area contributed by atoms with E-state index in [9.17, 15) is 22.8 Å². The topological polar surface area (TPSA) is 55.4 Å². The largest absolute Gasteiger partial charge is 0.452 e. The minimum absolute atomic E-state index is 0.265. The number of ether oxygens (including phenoxy) is 1. The number of thioether (sulfide) groups is 1. The van der Waals surface area contributed by atoms with Crippen molar-refractivity contribution in [1.82, 2.24) is 0 Å². The van der Waals surface area contributed by atoms with Gasteiger partial charge in [0.05, 0.1) is 5.56 Å². The van der Waals surface area contributed by atoms with Gasteiger partial charge in [0, 0.05) is 10.6 Å². The quantitative estimate of drug-likeness (QED) is 0.630. The number of nitrogens with one attached hydrogen (secondary N) is 1. The van der Waals surface area contributed by atoms with Crippen molar-refractivity contribution in [3.05, 3.63) is 59.9 Å². The summed E-state index contributed by atoms with van der Waals surface area (Å²) in [7, 11) is 0. The SMILES string of the molecule is O=C(COC(=O)c1ccccc1F)Nc1ccc(SC(F)F)cc1. The molecular formula is C16H12F3NO3S. The molecule has 126 valence electrons. The maximum Gasteiger partial charge on any atom is 0.341 e. The molecule has 2 aromatic carbocycles. The second-order valence-electron chi connectivity index (χ2n) is 4.51. The lowest BCUT2D eigenvalue weighted by Crippen LogP contribution is -2.21. The Labute approximate surface area is 140 Å². The summed E-state index contributed by atoms with van der Waals surface area (Å²) >= 11 is 0.388. The highest BCUT2D eigenvalue weighted by Crippen LogP contribution is 2.26. The molecule has 0 aliphatic rings. The molecule has 8 heteroatoms. The highest BCUT2D eigenvalue weighted by Gasteiger charge is 2.14. The van der Waals surface area contributed by atoms with Crippen molar-refractivity contribution in [2.24, 2.45) is 0 Å². The number of hydrogen-bond acceptors (Lipinski definition) is 4. The number of carbonyl (C=O) groups is 2. The lowest BCUT2D eigenvalue weighted by atomic mass is 10.2. The fourth-order valence-electron chi connectivity index (χ4n) is 1.75. The Balaban J connectivity index is 1.85. The normalized spacial score (nSPS) is 10.5. The van der Waals surface area contributed by atoms with E-state index >= 15 is 0 Å². The van der Waals surface area contributed by atoms with Gasteiger partial charge in [-0.05, 0) is 36.4 Å². The summed E-state index contributed by atoms with van der Waals surface area (Å²) in [6.07, 6.45) is 0. The van der Waals surface area contributed by atoms with Crippen molar-refractivity contribution in [2.75, 3.05) is 11.9 Å². The van der Waals surface area contributed by atoms with Gasteiger partial charge in [-0.15, -0.1) is 0 Å². The lowest BCUT2D eigenvalue weighted by Gasteiger charge is -2.08. The Kier molecular flexibility index (Phi) is 6.25. The first kappa shape index (κ1) is 17.9. The van der Waals surface area contributed by atoms with E-state index in [0.717, 1.165) is 6.07 Å². The van der Waals surface area contributed by atoms with E-state index in [2.05, 4.69) is 5.32 Å². The van der Waals surface area contributed by atoms with Gasteiger partial charge in [0.25, 0.3) is 11.7 Å². The molecule has 0 saturated heterocycles. The van der Waals surface area contributed by atoms with Crippen LogP contribution < -0.4 is 5.32 Å². The number of amides is 1. The number of rotatable bonds is 6. The second-order valence-corrected chi connectivity index (χ2v) is 5.57. The highest BCUT2D eigenvalue weighted by molar-refractivity contribution is 7.99. The molecule has 2 rings (SSSR count). The average molecular weight is 355 g/mol. The summed E-state index contributed by atoms with van der Waals surface area (Å²) in [6, 6.07) is 11.0. The molecule has 1 N–H and O–H groups in total. The first-order chi connectivity index (χ1) is 11.5. The van der Waals surface area contributed by atoms with Gasteiger partial charge in [0.15, 0.2) is 6.61 Å². The Morgan fingerprint density at radius 3 is 2.38 bits per heavy atom. The molecule has 4 nitrogen and oxygen atoms in total. The minimum Gasteiger partial charge on any atom is -0.452 e. The zero-order valence-corrected chi connectivity index (χ0v) is 13.0. The number of alkyl halides is 2. The van der Waals surface area contributed by atoms with Gasteiger partial charge in [-0.3, -0.25) is 4.79 Å². The monoisotopic (exact) mass is 355 g/mol. The number of benzene rings is 2. The van der Waals surface area contributed by atoms with Crippen LogP contribution in [0.25, 0.3) is 0 Å². The minimum atomic E-state index is -2.52. The number of carbonyl (C=O) groups excluding carboxylic acids is 2. The van der Waals surface area contributed by atoms with Crippen LogP contribution in [0.3, 0.4) is 0 Å². The van der Waals surface area contributed by atoms with Crippen LogP contribution in [0.2, 0.25) is 0 Å². The maximum absolute atomic E-state index is 13.4. The third kappa shape index (κ3) is 5.31. The molecular weight excluding hydrogens is 343 g/mol. The molecule has 0 unspecified atom stereocenters. The molecule has 1 amide bonds. The number of anilines is 1.